The molecule has 3 rings (SSSR count). The van der Waals surface area contributed by atoms with Crippen LogP contribution in [0.25, 0.3) is 16.8 Å². The summed E-state index contributed by atoms with van der Waals surface area (Å²) in [6, 6.07) is 12.7. The number of thioether (sulfide) groups is 1. The molecule has 1 amide bonds. The molecule has 0 saturated carbocycles. The molecule has 0 radical (unpaired) electrons. The summed E-state index contributed by atoms with van der Waals surface area (Å²) >= 11 is 6.43. The monoisotopic (exact) mass is 384 g/mol. The van der Waals surface area contributed by atoms with Crippen molar-refractivity contribution in [2.24, 2.45) is 5.92 Å². The van der Waals surface area contributed by atoms with E-state index < -0.39 is 12.0 Å². The summed E-state index contributed by atoms with van der Waals surface area (Å²) in [4.78, 5) is 26.0. The highest BCUT2D eigenvalue weighted by Crippen LogP contribution is 2.36. The maximum atomic E-state index is 12.8. The van der Waals surface area contributed by atoms with Crippen molar-refractivity contribution in [3.8, 4) is 0 Å². The summed E-state index contributed by atoms with van der Waals surface area (Å²) < 4.78 is 0.260. The van der Waals surface area contributed by atoms with E-state index in [1.54, 1.807) is 6.08 Å². The van der Waals surface area contributed by atoms with Gasteiger partial charge in [-0.3, -0.25) is 9.69 Å². The normalized spacial score (nSPS) is 17.5. The molecule has 1 atom stereocenters. The molecule has 1 aliphatic rings. The van der Waals surface area contributed by atoms with Crippen molar-refractivity contribution in [1.82, 2.24) is 4.90 Å². The van der Waals surface area contributed by atoms with E-state index in [2.05, 4.69) is 0 Å². The zero-order chi connectivity index (χ0) is 18.8. The number of nitrogens with zero attached hydrogens (tertiary/aromatic N) is 1. The maximum Gasteiger partial charge on any atom is 0.266 e. The van der Waals surface area contributed by atoms with Gasteiger partial charge in [-0.1, -0.05) is 80.3 Å². The highest BCUT2D eigenvalue weighted by molar-refractivity contribution is 8.26. The van der Waals surface area contributed by atoms with Gasteiger partial charge in [-0.05, 0) is 34.8 Å². The van der Waals surface area contributed by atoms with Crippen molar-refractivity contribution in [3.05, 3.63) is 52.9 Å². The average Bonchev–Trinajstić information content (AvgIpc) is 2.86. The van der Waals surface area contributed by atoms with Crippen LogP contribution in [0.1, 0.15) is 25.8 Å². The SMILES string of the molecule is CC(C)C[C@@H](C(=O)[O-])N1C(=O)/C(=C/c2cccc3ccccc23)SC1=S. The van der Waals surface area contributed by atoms with Gasteiger partial charge in [-0.25, -0.2) is 0 Å². The summed E-state index contributed by atoms with van der Waals surface area (Å²) in [5.74, 6) is -1.55. The van der Waals surface area contributed by atoms with Crippen molar-refractivity contribution in [2.75, 3.05) is 0 Å². The molecule has 0 aromatic heterocycles. The van der Waals surface area contributed by atoms with Crippen LogP contribution in [0, 0.1) is 5.92 Å². The van der Waals surface area contributed by atoms with Gasteiger partial charge in [0.25, 0.3) is 5.91 Å². The first-order valence-corrected chi connectivity index (χ1v) is 9.56. The molecule has 1 aliphatic heterocycles. The number of carboxylic acids is 1. The number of carboxylic acid groups (broad SMARTS) is 1. The Kier molecular flexibility index (Phi) is 5.44. The second kappa shape index (κ2) is 7.60. The second-order valence-electron chi connectivity index (χ2n) is 6.58. The smallest absolute Gasteiger partial charge is 0.266 e. The van der Waals surface area contributed by atoms with Gasteiger partial charge >= 0.3 is 0 Å². The van der Waals surface area contributed by atoms with E-state index in [0.717, 1.165) is 28.1 Å². The molecule has 1 heterocycles. The molecule has 0 unspecified atom stereocenters. The molecular formula is C20H18NO3S2-. The Bertz CT molecular complexity index is 915. The summed E-state index contributed by atoms with van der Waals surface area (Å²) in [5, 5.41) is 13.7. The molecule has 6 heteroatoms. The van der Waals surface area contributed by atoms with Crippen LogP contribution >= 0.6 is 24.0 Å². The van der Waals surface area contributed by atoms with Crippen molar-refractivity contribution < 1.29 is 14.7 Å². The van der Waals surface area contributed by atoms with Crippen LogP contribution in [0.15, 0.2) is 47.4 Å². The van der Waals surface area contributed by atoms with Crippen molar-refractivity contribution in [1.29, 1.82) is 0 Å². The molecule has 1 fully saturated rings. The van der Waals surface area contributed by atoms with Crippen LogP contribution in [-0.2, 0) is 9.59 Å². The van der Waals surface area contributed by atoms with E-state index in [0.29, 0.717) is 11.3 Å². The molecule has 0 spiro atoms. The number of hydrogen-bond donors (Lipinski definition) is 0. The first-order valence-electron chi connectivity index (χ1n) is 8.34. The quantitative estimate of drug-likeness (QED) is 0.585. The van der Waals surface area contributed by atoms with E-state index in [1.165, 1.54) is 4.90 Å². The minimum atomic E-state index is -1.28. The molecule has 2 aromatic rings. The third-order valence-electron chi connectivity index (χ3n) is 4.21. The number of carbonyl (C=O) groups excluding carboxylic acids is 2. The lowest BCUT2D eigenvalue weighted by Crippen LogP contribution is -2.50. The number of fused-ring (bicyclic) bond motifs is 1. The lowest BCUT2D eigenvalue weighted by molar-refractivity contribution is -0.310. The first kappa shape index (κ1) is 18.6. The molecular weight excluding hydrogens is 366 g/mol. The fourth-order valence-electron chi connectivity index (χ4n) is 3.02. The predicted molar refractivity (Wildman–Crippen MR) is 107 cm³/mol. The molecule has 134 valence electrons. The number of amides is 1. The van der Waals surface area contributed by atoms with Crippen LogP contribution in [0.4, 0.5) is 0 Å². The molecule has 1 saturated heterocycles. The number of thiocarbonyl (C=S) groups is 1. The van der Waals surface area contributed by atoms with Gasteiger partial charge in [0.1, 0.15) is 4.32 Å². The Labute approximate surface area is 161 Å². The number of carbonyl (C=O) groups is 2. The van der Waals surface area contributed by atoms with Crippen LogP contribution < -0.4 is 5.11 Å². The highest BCUT2D eigenvalue weighted by atomic mass is 32.2. The van der Waals surface area contributed by atoms with Crippen LogP contribution in [0.2, 0.25) is 0 Å². The number of aliphatic carboxylic acids is 1. The van der Waals surface area contributed by atoms with E-state index in [4.69, 9.17) is 12.2 Å². The van der Waals surface area contributed by atoms with Crippen LogP contribution in [-0.4, -0.2) is 27.1 Å². The lowest BCUT2D eigenvalue weighted by atomic mass is 10.0. The molecule has 0 aliphatic carbocycles. The predicted octanol–water partition coefficient (Wildman–Crippen LogP) is 3.21. The third-order valence-corrected chi connectivity index (χ3v) is 5.54. The fourth-order valence-corrected chi connectivity index (χ4v) is 4.37. The molecule has 4 nitrogen and oxygen atoms in total. The minimum Gasteiger partial charge on any atom is -0.548 e. The molecule has 0 bridgehead atoms. The number of benzene rings is 2. The summed E-state index contributed by atoms with van der Waals surface area (Å²) in [5.41, 5.74) is 0.900. The summed E-state index contributed by atoms with van der Waals surface area (Å²) in [6.45, 7) is 3.80. The Hall–Kier alpha value is -2.18. The number of rotatable bonds is 5. The summed E-state index contributed by atoms with van der Waals surface area (Å²) in [6.07, 6.45) is 2.08. The van der Waals surface area contributed by atoms with E-state index in [-0.39, 0.29) is 16.1 Å². The third kappa shape index (κ3) is 3.66. The van der Waals surface area contributed by atoms with Crippen molar-refractivity contribution in [2.45, 2.75) is 26.3 Å². The van der Waals surface area contributed by atoms with Crippen LogP contribution in [0.5, 0.6) is 0 Å². The minimum absolute atomic E-state index is 0.101. The zero-order valence-electron chi connectivity index (χ0n) is 14.5. The van der Waals surface area contributed by atoms with Gasteiger partial charge in [0.2, 0.25) is 0 Å². The largest absolute Gasteiger partial charge is 0.548 e. The van der Waals surface area contributed by atoms with Gasteiger partial charge in [0.15, 0.2) is 0 Å². The highest BCUT2D eigenvalue weighted by Gasteiger charge is 2.38. The summed E-state index contributed by atoms with van der Waals surface area (Å²) in [7, 11) is 0. The Balaban J connectivity index is 1.97. The maximum absolute atomic E-state index is 12.8. The Morgan fingerprint density at radius 2 is 1.92 bits per heavy atom. The van der Waals surface area contributed by atoms with Gasteiger partial charge < -0.3 is 9.90 Å². The standard InChI is InChI=1S/C20H19NO3S2/c1-12(2)10-16(19(23)24)21-18(22)17(26-20(21)25)11-14-8-5-7-13-6-3-4-9-15(13)14/h3-9,11-12,16H,10H2,1-2H3,(H,23,24)/p-1/b17-11-/t16-/m0/s1. The fraction of sp³-hybridized carbons (Fsp3) is 0.250. The first-order chi connectivity index (χ1) is 12.4. The Morgan fingerprint density at radius 3 is 2.62 bits per heavy atom. The van der Waals surface area contributed by atoms with Gasteiger partial charge in [-0.15, -0.1) is 0 Å². The Morgan fingerprint density at radius 1 is 1.23 bits per heavy atom. The van der Waals surface area contributed by atoms with E-state index >= 15 is 0 Å². The molecule has 0 N–H and O–H groups in total. The average molecular weight is 385 g/mol. The topological polar surface area (TPSA) is 60.4 Å². The lowest BCUT2D eigenvalue weighted by Gasteiger charge is -2.28. The van der Waals surface area contributed by atoms with Gasteiger partial charge in [-0.2, -0.15) is 0 Å². The van der Waals surface area contributed by atoms with Gasteiger partial charge in [0, 0.05) is 0 Å². The van der Waals surface area contributed by atoms with E-state index in [1.807, 2.05) is 56.3 Å². The number of hydrogen-bond acceptors (Lipinski definition) is 5. The van der Waals surface area contributed by atoms with Crippen molar-refractivity contribution >= 4 is 57.0 Å². The molecule has 26 heavy (non-hydrogen) atoms. The molecule has 2 aromatic carbocycles. The van der Waals surface area contributed by atoms with E-state index in [9.17, 15) is 14.7 Å². The van der Waals surface area contributed by atoms with Crippen LogP contribution in [0.3, 0.4) is 0 Å². The second-order valence-corrected chi connectivity index (χ2v) is 8.26. The zero-order valence-corrected chi connectivity index (χ0v) is 16.1. The van der Waals surface area contributed by atoms with Gasteiger partial charge in [0.05, 0.1) is 16.9 Å². The van der Waals surface area contributed by atoms with Crippen molar-refractivity contribution in [3.63, 3.8) is 0 Å².